The van der Waals surface area contributed by atoms with Gasteiger partial charge in [-0.1, -0.05) is 42.1 Å². The number of carbonyl (C=O) groups is 2. The maximum Gasteiger partial charge on any atom is 0.316 e. The molecule has 9 heteroatoms. The van der Waals surface area contributed by atoms with Gasteiger partial charge >= 0.3 is 5.91 Å². The van der Waals surface area contributed by atoms with Crippen LogP contribution < -0.4 is 10.6 Å². The highest BCUT2D eigenvalue weighted by atomic mass is 35.5. The average molecular weight is 459 g/mol. The van der Waals surface area contributed by atoms with Crippen LogP contribution in [0.5, 0.6) is 0 Å². The van der Waals surface area contributed by atoms with Crippen LogP contribution >= 0.6 is 46.3 Å². The molecule has 3 N–H and O–H groups in total. The fourth-order valence-corrected chi connectivity index (χ4v) is 5.58. The normalized spacial score (nSPS) is 15.5. The Morgan fingerprint density at radius 2 is 2.07 bits per heavy atom. The van der Waals surface area contributed by atoms with E-state index in [9.17, 15) is 9.59 Å². The van der Waals surface area contributed by atoms with Crippen molar-refractivity contribution in [3.8, 4) is 0 Å². The van der Waals surface area contributed by atoms with Crippen molar-refractivity contribution in [3.63, 3.8) is 0 Å². The van der Waals surface area contributed by atoms with E-state index in [0.29, 0.717) is 26.1 Å². The van der Waals surface area contributed by atoms with Crippen molar-refractivity contribution in [2.75, 3.05) is 12.4 Å². The van der Waals surface area contributed by atoms with Crippen LogP contribution in [0.1, 0.15) is 42.2 Å². The van der Waals surface area contributed by atoms with Gasteiger partial charge in [-0.25, -0.2) is 9.78 Å². The Hall–Kier alpha value is -1.12. The molecule has 1 fully saturated rings. The van der Waals surface area contributed by atoms with E-state index in [0.717, 1.165) is 18.4 Å². The third kappa shape index (κ3) is 5.70. The number of nitrogens with zero attached hydrogens (tertiary/aromatic N) is 1. The summed E-state index contributed by atoms with van der Waals surface area (Å²) in [6.07, 6.45) is 4.88. The van der Waals surface area contributed by atoms with Crippen molar-refractivity contribution >= 4 is 63.2 Å². The average Bonchev–Trinajstić information content (AvgIpc) is 3.34. The van der Waals surface area contributed by atoms with Gasteiger partial charge < -0.3 is 5.32 Å². The first-order valence-corrected chi connectivity index (χ1v) is 11.7. The van der Waals surface area contributed by atoms with Crippen molar-refractivity contribution in [3.05, 3.63) is 44.9 Å². The van der Waals surface area contributed by atoms with E-state index >= 15 is 0 Å². The molecule has 2 amide bonds. The molecule has 1 atom stereocenters. The number of primary amides is 1. The number of likely N-dealkylation sites (N-methyl/N-ethyl adjacent to an activating group) is 1. The Labute approximate surface area is 182 Å². The first kappa shape index (κ1) is 21.6. The number of halogens is 2. The number of nitrogens with two attached hydrogens (primary N) is 1. The van der Waals surface area contributed by atoms with E-state index in [1.54, 1.807) is 36.3 Å². The number of thioether (sulfide) groups is 1. The lowest BCUT2D eigenvalue weighted by Gasteiger charge is -2.20. The molecule has 3 rings (SSSR count). The van der Waals surface area contributed by atoms with Crippen LogP contribution in [-0.2, 0) is 16.0 Å². The molecule has 28 heavy (non-hydrogen) atoms. The van der Waals surface area contributed by atoms with E-state index in [-0.39, 0.29) is 18.2 Å². The van der Waals surface area contributed by atoms with E-state index in [4.69, 9.17) is 23.2 Å². The number of aromatic nitrogens is 1. The Bertz CT molecular complexity index is 853. The Morgan fingerprint density at radius 3 is 2.75 bits per heavy atom. The van der Waals surface area contributed by atoms with Gasteiger partial charge in [-0.15, -0.1) is 23.1 Å². The number of nitrogens with one attached hydrogen (secondary N) is 1. The van der Waals surface area contributed by atoms with Crippen molar-refractivity contribution < 1.29 is 14.9 Å². The largest absolute Gasteiger partial charge is 0.316 e. The van der Waals surface area contributed by atoms with Gasteiger partial charge in [-0.05, 0) is 30.5 Å². The second-order valence-electron chi connectivity index (χ2n) is 6.66. The number of quaternary nitrogens is 1. The predicted molar refractivity (Wildman–Crippen MR) is 116 cm³/mol. The van der Waals surface area contributed by atoms with Crippen LogP contribution in [0.3, 0.4) is 0 Å². The number of hydrogen-bond acceptors (Lipinski definition) is 5. The molecule has 0 radical (unpaired) electrons. The highest BCUT2D eigenvalue weighted by molar-refractivity contribution is 8.00. The van der Waals surface area contributed by atoms with Crippen LogP contribution in [0.4, 0.5) is 5.13 Å². The number of thiazole rings is 1. The first-order valence-electron chi connectivity index (χ1n) is 9.14. The van der Waals surface area contributed by atoms with Gasteiger partial charge in [0.15, 0.2) is 5.13 Å². The molecule has 1 unspecified atom stereocenters. The van der Waals surface area contributed by atoms with Crippen molar-refractivity contribution in [1.82, 2.24) is 4.98 Å². The third-order valence-corrected chi connectivity index (χ3v) is 7.73. The summed E-state index contributed by atoms with van der Waals surface area (Å²) in [6.45, 7) is 0. The second kappa shape index (κ2) is 10.1. The van der Waals surface area contributed by atoms with Crippen LogP contribution in [0.25, 0.3) is 0 Å². The first-order chi connectivity index (χ1) is 13.5. The monoisotopic (exact) mass is 458 g/mol. The predicted octanol–water partition coefficient (Wildman–Crippen LogP) is 4.07. The molecule has 0 aliphatic heterocycles. The zero-order valence-electron chi connectivity index (χ0n) is 15.4. The molecular weight excluding hydrogens is 437 g/mol. The number of amides is 2. The standard InChI is InChI=1S/C19H21Cl2N3O2S2/c1-22-16(25)9-12-10-27-19(23-12)24-18(26)17(28-13-4-2-3-5-13)11-6-7-14(20)15(21)8-11/h6-8,10,13,17H,2-5,9H2,1H3,(H,22,25)(H,23,24,26)/p+1. The van der Waals surface area contributed by atoms with Crippen molar-refractivity contribution in [2.24, 2.45) is 0 Å². The van der Waals surface area contributed by atoms with Gasteiger partial charge in [0, 0.05) is 10.6 Å². The van der Waals surface area contributed by atoms with E-state index in [1.807, 2.05) is 6.07 Å². The zero-order chi connectivity index (χ0) is 20.1. The maximum atomic E-state index is 13.1. The minimum absolute atomic E-state index is 0.00801. The summed E-state index contributed by atoms with van der Waals surface area (Å²) in [6, 6.07) is 5.34. The zero-order valence-corrected chi connectivity index (χ0v) is 18.6. The number of benzene rings is 1. The molecule has 0 bridgehead atoms. The fraction of sp³-hybridized carbons (Fsp3) is 0.421. The Balaban J connectivity index is 1.75. The smallest absolute Gasteiger partial charge is 0.301 e. The summed E-state index contributed by atoms with van der Waals surface area (Å²) in [7, 11) is 1.71. The molecule has 150 valence electrons. The molecular formula is C19H22Cl2N3O2S2+. The van der Waals surface area contributed by atoms with Gasteiger partial charge in [0.2, 0.25) is 5.91 Å². The molecule has 0 saturated heterocycles. The fourth-order valence-electron chi connectivity index (χ4n) is 3.08. The minimum Gasteiger partial charge on any atom is -0.301 e. The lowest BCUT2D eigenvalue weighted by molar-refractivity contribution is -0.538. The van der Waals surface area contributed by atoms with Crippen LogP contribution in [0, 0.1) is 0 Å². The van der Waals surface area contributed by atoms with E-state index in [2.05, 4.69) is 10.3 Å². The van der Waals surface area contributed by atoms with E-state index in [1.165, 1.54) is 29.5 Å². The molecule has 5 nitrogen and oxygen atoms in total. The van der Waals surface area contributed by atoms with Crippen LogP contribution in [-0.4, -0.2) is 29.1 Å². The minimum atomic E-state index is -0.393. The molecule has 1 aromatic heterocycles. The van der Waals surface area contributed by atoms with Gasteiger partial charge in [-0.3, -0.25) is 10.1 Å². The molecule has 2 aromatic rings. The molecule has 1 aliphatic rings. The number of rotatable bonds is 7. The third-order valence-electron chi connectivity index (χ3n) is 4.57. The summed E-state index contributed by atoms with van der Waals surface area (Å²) in [5.74, 6) is -0.127. The van der Waals surface area contributed by atoms with Crippen LogP contribution in [0.2, 0.25) is 10.0 Å². The van der Waals surface area contributed by atoms with Crippen LogP contribution in [0.15, 0.2) is 23.6 Å². The Morgan fingerprint density at radius 1 is 1.32 bits per heavy atom. The number of hydrogen-bond donors (Lipinski definition) is 2. The Kier molecular flexibility index (Phi) is 7.77. The van der Waals surface area contributed by atoms with Gasteiger partial charge in [0.1, 0.15) is 11.7 Å². The lowest BCUT2D eigenvalue weighted by atomic mass is 10.1. The van der Waals surface area contributed by atoms with E-state index < -0.39 is 5.25 Å². The second-order valence-corrected chi connectivity index (χ2v) is 9.74. The summed E-state index contributed by atoms with van der Waals surface area (Å²) >= 11 is 15.2. The summed E-state index contributed by atoms with van der Waals surface area (Å²) in [4.78, 5) is 29.0. The van der Waals surface area contributed by atoms with Gasteiger partial charge in [0.25, 0.3) is 0 Å². The highest BCUT2D eigenvalue weighted by Gasteiger charge is 2.28. The highest BCUT2D eigenvalue weighted by Crippen LogP contribution is 2.41. The molecule has 0 spiro atoms. The summed E-state index contributed by atoms with van der Waals surface area (Å²) < 4.78 is 0. The maximum absolute atomic E-state index is 13.1. The SMILES string of the molecule is C[NH2+]C(=O)Cc1csc(NC(=O)C(SC2CCCC2)c2ccc(Cl)c(Cl)c2)n1. The molecule has 1 heterocycles. The molecule has 1 aliphatic carbocycles. The van der Waals surface area contributed by atoms with Gasteiger partial charge in [0.05, 0.1) is 22.8 Å². The quantitative estimate of drug-likeness (QED) is 0.655. The summed E-state index contributed by atoms with van der Waals surface area (Å²) in [5, 5.41) is 7.71. The summed E-state index contributed by atoms with van der Waals surface area (Å²) in [5.41, 5.74) is 1.49. The van der Waals surface area contributed by atoms with Crippen molar-refractivity contribution in [2.45, 2.75) is 42.6 Å². The molecule has 1 saturated carbocycles. The number of carbonyl (C=O) groups excluding carboxylic acids is 2. The molecule has 1 aromatic carbocycles. The topological polar surface area (TPSA) is 75.7 Å². The lowest BCUT2D eigenvalue weighted by Crippen LogP contribution is -2.84. The van der Waals surface area contributed by atoms with Gasteiger partial charge in [-0.2, -0.15) is 0 Å². The van der Waals surface area contributed by atoms with Crippen molar-refractivity contribution in [1.29, 1.82) is 0 Å². The number of anilines is 1.